The van der Waals surface area contributed by atoms with E-state index in [1.54, 1.807) is 22.7 Å². The first-order valence-electron chi connectivity index (χ1n) is 7.89. The van der Waals surface area contributed by atoms with Gasteiger partial charge in [0.05, 0.1) is 30.4 Å². The topological polar surface area (TPSA) is 77.8 Å². The van der Waals surface area contributed by atoms with E-state index in [-0.39, 0.29) is 12.1 Å². The summed E-state index contributed by atoms with van der Waals surface area (Å²) in [5.74, 6) is 0. The number of nitrogens with two attached hydrogens (primary N) is 2. The monoisotopic (exact) mass is 354 g/mol. The number of benzene rings is 2. The quantitative estimate of drug-likeness (QED) is 0.576. The number of rotatable bonds is 5. The maximum absolute atomic E-state index is 6.33. The Balaban J connectivity index is 1.46. The van der Waals surface area contributed by atoms with E-state index in [1.807, 2.05) is 36.4 Å². The maximum atomic E-state index is 6.33. The van der Waals surface area contributed by atoms with Crippen LogP contribution < -0.4 is 11.5 Å². The van der Waals surface area contributed by atoms with Crippen LogP contribution in [0, 0.1) is 0 Å². The molecule has 2 atom stereocenters. The van der Waals surface area contributed by atoms with Crippen molar-refractivity contribution in [2.45, 2.75) is 24.9 Å². The third kappa shape index (κ3) is 3.18. The number of thiazole rings is 2. The average molecular weight is 355 g/mol. The Morgan fingerprint density at radius 3 is 1.54 bits per heavy atom. The van der Waals surface area contributed by atoms with Gasteiger partial charge in [0.1, 0.15) is 0 Å². The van der Waals surface area contributed by atoms with Crippen LogP contribution in [-0.4, -0.2) is 22.1 Å². The van der Waals surface area contributed by atoms with Gasteiger partial charge >= 0.3 is 0 Å². The Hall–Kier alpha value is -1.86. The highest BCUT2D eigenvalue weighted by molar-refractivity contribution is 7.18. The Morgan fingerprint density at radius 2 is 1.12 bits per heavy atom. The molecule has 0 spiro atoms. The molecule has 2 aromatic carbocycles. The molecule has 4 N–H and O–H groups in total. The van der Waals surface area contributed by atoms with Gasteiger partial charge < -0.3 is 11.5 Å². The molecule has 0 aliphatic rings. The first-order valence-corrected chi connectivity index (χ1v) is 9.52. The largest absolute Gasteiger partial charge is 0.326 e. The Labute approximate surface area is 148 Å². The molecule has 4 nitrogen and oxygen atoms in total. The molecule has 122 valence electrons. The summed E-state index contributed by atoms with van der Waals surface area (Å²) < 4.78 is 2.39. The van der Waals surface area contributed by atoms with Crippen molar-refractivity contribution in [1.82, 2.24) is 9.97 Å². The standard InChI is InChI=1S/C18H18N4S2/c19-11(9-17-21-13-5-1-3-7-15(13)23-17)12(20)10-18-22-14-6-2-4-8-16(14)24-18/h1-8,11-12H,9-10,19-20H2. The zero-order valence-electron chi connectivity index (χ0n) is 13.1. The van der Waals surface area contributed by atoms with Crippen molar-refractivity contribution in [1.29, 1.82) is 0 Å². The summed E-state index contributed by atoms with van der Waals surface area (Å²) in [6, 6.07) is 16.0. The van der Waals surface area contributed by atoms with Crippen LogP contribution in [0.1, 0.15) is 10.0 Å². The Kier molecular flexibility index (Phi) is 4.28. The fourth-order valence-corrected chi connectivity index (χ4v) is 4.80. The van der Waals surface area contributed by atoms with E-state index in [4.69, 9.17) is 11.5 Å². The Morgan fingerprint density at radius 1 is 0.708 bits per heavy atom. The van der Waals surface area contributed by atoms with Gasteiger partial charge in [0.2, 0.25) is 0 Å². The summed E-state index contributed by atoms with van der Waals surface area (Å²) >= 11 is 3.39. The van der Waals surface area contributed by atoms with Crippen LogP contribution in [0.5, 0.6) is 0 Å². The molecule has 2 unspecified atom stereocenters. The van der Waals surface area contributed by atoms with Gasteiger partial charge in [0.15, 0.2) is 0 Å². The molecule has 0 radical (unpaired) electrons. The van der Waals surface area contributed by atoms with Gasteiger partial charge in [-0.15, -0.1) is 22.7 Å². The smallest absolute Gasteiger partial charge is 0.0954 e. The summed E-state index contributed by atoms with van der Waals surface area (Å²) in [7, 11) is 0. The van der Waals surface area contributed by atoms with E-state index < -0.39 is 0 Å². The fourth-order valence-electron chi connectivity index (χ4n) is 2.72. The summed E-state index contributed by atoms with van der Waals surface area (Å²) in [6.07, 6.45) is 1.40. The van der Waals surface area contributed by atoms with Gasteiger partial charge in [0, 0.05) is 24.9 Å². The number of fused-ring (bicyclic) bond motifs is 2. The predicted molar refractivity (Wildman–Crippen MR) is 103 cm³/mol. The van der Waals surface area contributed by atoms with Gasteiger partial charge in [-0.05, 0) is 24.3 Å². The summed E-state index contributed by atoms with van der Waals surface area (Å²) in [6.45, 7) is 0. The van der Waals surface area contributed by atoms with Crippen LogP contribution in [0.2, 0.25) is 0 Å². The lowest BCUT2D eigenvalue weighted by atomic mass is 10.0. The van der Waals surface area contributed by atoms with Gasteiger partial charge in [-0.3, -0.25) is 0 Å². The predicted octanol–water partition coefficient (Wildman–Crippen LogP) is 3.35. The SMILES string of the molecule is NC(Cc1nc2ccccc2s1)C(N)Cc1nc2ccccc2s1. The van der Waals surface area contributed by atoms with Gasteiger partial charge in [-0.2, -0.15) is 0 Å². The second kappa shape index (κ2) is 6.57. The second-order valence-corrected chi connectivity index (χ2v) is 8.12. The third-order valence-corrected chi connectivity index (χ3v) is 6.16. The van der Waals surface area contributed by atoms with Crippen LogP contribution in [0.4, 0.5) is 0 Å². The lowest BCUT2D eigenvalue weighted by molar-refractivity contribution is 0.518. The number of hydrogen-bond donors (Lipinski definition) is 2. The van der Waals surface area contributed by atoms with Crippen LogP contribution >= 0.6 is 22.7 Å². The molecule has 4 rings (SSSR count). The van der Waals surface area contributed by atoms with Crippen LogP contribution in [0.15, 0.2) is 48.5 Å². The van der Waals surface area contributed by atoms with Crippen molar-refractivity contribution >= 4 is 43.1 Å². The van der Waals surface area contributed by atoms with Crippen molar-refractivity contribution in [3.63, 3.8) is 0 Å². The van der Waals surface area contributed by atoms with Crippen LogP contribution in [-0.2, 0) is 12.8 Å². The highest BCUT2D eigenvalue weighted by Crippen LogP contribution is 2.24. The fraction of sp³-hybridized carbons (Fsp3) is 0.222. The van der Waals surface area contributed by atoms with E-state index in [1.165, 1.54) is 9.40 Å². The molecule has 0 saturated heterocycles. The summed E-state index contributed by atoms with van der Waals surface area (Å²) in [5, 5.41) is 2.09. The molecule has 0 fully saturated rings. The van der Waals surface area contributed by atoms with Crippen molar-refractivity contribution in [2.75, 3.05) is 0 Å². The van der Waals surface area contributed by atoms with Gasteiger partial charge in [-0.25, -0.2) is 9.97 Å². The normalized spacial score (nSPS) is 14.2. The minimum atomic E-state index is -0.127. The van der Waals surface area contributed by atoms with E-state index >= 15 is 0 Å². The number of nitrogens with zero attached hydrogens (tertiary/aromatic N) is 2. The molecular formula is C18H18N4S2. The van der Waals surface area contributed by atoms with Crippen molar-refractivity contribution in [2.24, 2.45) is 11.5 Å². The first-order chi connectivity index (χ1) is 11.7. The van der Waals surface area contributed by atoms with E-state index in [0.29, 0.717) is 12.8 Å². The average Bonchev–Trinajstić information content (AvgIpc) is 3.16. The maximum Gasteiger partial charge on any atom is 0.0954 e. The molecule has 0 saturated carbocycles. The summed E-state index contributed by atoms with van der Waals surface area (Å²) in [4.78, 5) is 9.29. The number of para-hydroxylation sites is 2. The molecule has 0 amide bonds. The molecule has 2 aromatic heterocycles. The molecule has 0 aliphatic carbocycles. The number of hydrogen-bond acceptors (Lipinski definition) is 6. The van der Waals surface area contributed by atoms with Gasteiger partial charge in [-0.1, -0.05) is 24.3 Å². The molecule has 24 heavy (non-hydrogen) atoms. The number of aromatic nitrogens is 2. The third-order valence-electron chi connectivity index (χ3n) is 4.05. The van der Waals surface area contributed by atoms with E-state index in [9.17, 15) is 0 Å². The highest BCUT2D eigenvalue weighted by Gasteiger charge is 2.18. The lowest BCUT2D eigenvalue weighted by Crippen LogP contribution is -2.44. The van der Waals surface area contributed by atoms with Crippen LogP contribution in [0.25, 0.3) is 20.4 Å². The van der Waals surface area contributed by atoms with Crippen molar-refractivity contribution < 1.29 is 0 Å². The van der Waals surface area contributed by atoms with Crippen molar-refractivity contribution in [3.05, 3.63) is 58.5 Å². The minimum Gasteiger partial charge on any atom is -0.326 e. The second-order valence-electron chi connectivity index (χ2n) is 5.89. The highest BCUT2D eigenvalue weighted by atomic mass is 32.1. The van der Waals surface area contributed by atoms with Crippen molar-refractivity contribution in [3.8, 4) is 0 Å². The molecule has 6 heteroatoms. The molecule has 0 aliphatic heterocycles. The zero-order chi connectivity index (χ0) is 16.5. The molecule has 0 bridgehead atoms. The van der Waals surface area contributed by atoms with Crippen LogP contribution in [0.3, 0.4) is 0 Å². The van der Waals surface area contributed by atoms with Gasteiger partial charge in [0.25, 0.3) is 0 Å². The zero-order valence-corrected chi connectivity index (χ0v) is 14.7. The molecule has 4 aromatic rings. The molecular weight excluding hydrogens is 336 g/mol. The molecule has 2 heterocycles. The lowest BCUT2D eigenvalue weighted by Gasteiger charge is -2.17. The van der Waals surface area contributed by atoms with E-state index in [2.05, 4.69) is 22.1 Å². The van der Waals surface area contributed by atoms with E-state index in [0.717, 1.165) is 21.0 Å². The summed E-state index contributed by atoms with van der Waals surface area (Å²) in [5.41, 5.74) is 14.7. The Bertz CT molecular complexity index is 829. The first kappa shape index (κ1) is 15.7. The minimum absolute atomic E-state index is 0.127.